The Morgan fingerprint density at radius 3 is 2.79 bits per heavy atom. The highest BCUT2D eigenvalue weighted by Crippen LogP contribution is 2.18. The number of rotatable bonds is 3. The van der Waals surface area contributed by atoms with Crippen LogP contribution in [0.2, 0.25) is 5.02 Å². The number of benzene rings is 1. The van der Waals surface area contributed by atoms with E-state index in [0.717, 1.165) is 11.3 Å². The third-order valence-electron chi connectivity index (χ3n) is 2.78. The van der Waals surface area contributed by atoms with Crippen molar-refractivity contribution in [2.75, 3.05) is 0 Å². The lowest BCUT2D eigenvalue weighted by Gasteiger charge is -2.06. The number of phenolic OH excluding ortho intramolecular Hbond substituents is 1. The lowest BCUT2D eigenvalue weighted by atomic mass is 10.3. The van der Waals surface area contributed by atoms with E-state index < -0.39 is 0 Å². The molecule has 1 N–H and O–H groups in total. The van der Waals surface area contributed by atoms with Crippen LogP contribution >= 0.6 is 11.6 Å². The van der Waals surface area contributed by atoms with Crippen molar-refractivity contribution in [3.63, 3.8) is 0 Å². The number of pyridine rings is 1. The van der Waals surface area contributed by atoms with Crippen LogP contribution < -0.4 is 4.74 Å². The van der Waals surface area contributed by atoms with Crippen LogP contribution in [0.5, 0.6) is 11.5 Å². The number of aromatic nitrogens is 2. The molecular formula is C14H11ClN2O2. The molecule has 4 nitrogen and oxygen atoms in total. The predicted octanol–water partition coefficient (Wildman–Crippen LogP) is 3.27. The molecule has 2 heterocycles. The lowest BCUT2D eigenvalue weighted by Crippen LogP contribution is -1.99. The zero-order valence-corrected chi connectivity index (χ0v) is 10.7. The smallest absolute Gasteiger partial charge is 0.138 e. The first-order valence-electron chi connectivity index (χ1n) is 5.76. The number of aromatic hydroxyl groups is 1. The summed E-state index contributed by atoms with van der Waals surface area (Å²) in [6, 6.07) is 10.2. The Bertz CT molecular complexity index is 707. The zero-order valence-electron chi connectivity index (χ0n) is 9.95. The van der Waals surface area contributed by atoms with Crippen LogP contribution in [0.3, 0.4) is 0 Å². The molecule has 3 aromatic rings. The van der Waals surface area contributed by atoms with Crippen LogP contribution in [0.15, 0.2) is 48.8 Å². The maximum atomic E-state index is 9.19. The van der Waals surface area contributed by atoms with Gasteiger partial charge >= 0.3 is 0 Å². The minimum atomic E-state index is 0.219. The second kappa shape index (κ2) is 4.82. The molecular weight excluding hydrogens is 264 g/mol. The van der Waals surface area contributed by atoms with Crippen molar-refractivity contribution < 1.29 is 9.84 Å². The summed E-state index contributed by atoms with van der Waals surface area (Å²) in [5.41, 5.74) is 1.72. The van der Waals surface area contributed by atoms with E-state index >= 15 is 0 Å². The largest absolute Gasteiger partial charge is 0.508 e. The van der Waals surface area contributed by atoms with Gasteiger partial charge in [0.2, 0.25) is 0 Å². The second-order valence-electron chi connectivity index (χ2n) is 4.11. The molecule has 0 atom stereocenters. The monoisotopic (exact) mass is 274 g/mol. The summed E-state index contributed by atoms with van der Waals surface area (Å²) in [5.74, 6) is 0.915. The number of hydrogen-bond donors (Lipinski definition) is 1. The fourth-order valence-electron chi connectivity index (χ4n) is 1.81. The summed E-state index contributed by atoms with van der Waals surface area (Å²) >= 11 is 5.91. The first kappa shape index (κ1) is 11.9. The van der Waals surface area contributed by atoms with Crippen molar-refractivity contribution in [2.45, 2.75) is 6.61 Å². The Balaban J connectivity index is 1.80. The SMILES string of the molecule is Oc1ccc(OCc2cnc3cc(Cl)ccn23)cc1. The molecule has 96 valence electrons. The van der Waals surface area contributed by atoms with Gasteiger partial charge in [-0.15, -0.1) is 0 Å². The van der Waals surface area contributed by atoms with Crippen LogP contribution in [0.25, 0.3) is 5.65 Å². The van der Waals surface area contributed by atoms with Crippen molar-refractivity contribution in [2.24, 2.45) is 0 Å². The number of ether oxygens (including phenoxy) is 1. The van der Waals surface area contributed by atoms with Crippen molar-refractivity contribution in [3.05, 3.63) is 59.5 Å². The van der Waals surface area contributed by atoms with Gasteiger partial charge in [-0.3, -0.25) is 0 Å². The number of fused-ring (bicyclic) bond motifs is 1. The number of halogens is 1. The number of hydrogen-bond acceptors (Lipinski definition) is 3. The molecule has 0 fully saturated rings. The van der Waals surface area contributed by atoms with Gasteiger partial charge in [0.15, 0.2) is 0 Å². The molecule has 19 heavy (non-hydrogen) atoms. The van der Waals surface area contributed by atoms with E-state index in [1.807, 2.05) is 10.6 Å². The minimum Gasteiger partial charge on any atom is -0.508 e. The van der Waals surface area contributed by atoms with Crippen molar-refractivity contribution >= 4 is 17.2 Å². The number of nitrogens with zero attached hydrogens (tertiary/aromatic N) is 2. The predicted molar refractivity (Wildman–Crippen MR) is 72.6 cm³/mol. The van der Waals surface area contributed by atoms with E-state index in [0.29, 0.717) is 17.4 Å². The quantitative estimate of drug-likeness (QED) is 0.797. The third-order valence-corrected chi connectivity index (χ3v) is 3.01. The fourth-order valence-corrected chi connectivity index (χ4v) is 1.97. The average molecular weight is 275 g/mol. The van der Waals surface area contributed by atoms with Gasteiger partial charge in [-0.2, -0.15) is 0 Å². The fraction of sp³-hybridized carbons (Fsp3) is 0.0714. The third kappa shape index (κ3) is 2.48. The van der Waals surface area contributed by atoms with E-state index in [2.05, 4.69) is 4.98 Å². The molecule has 3 rings (SSSR count). The van der Waals surface area contributed by atoms with Gasteiger partial charge in [0, 0.05) is 11.2 Å². The Hall–Kier alpha value is -2.20. The lowest BCUT2D eigenvalue weighted by molar-refractivity contribution is 0.300. The van der Waals surface area contributed by atoms with Gasteiger partial charge in [-0.25, -0.2) is 4.98 Å². The van der Waals surface area contributed by atoms with Gasteiger partial charge in [-0.1, -0.05) is 11.6 Å². The highest BCUT2D eigenvalue weighted by atomic mass is 35.5. The molecule has 5 heteroatoms. The second-order valence-corrected chi connectivity index (χ2v) is 4.54. The first-order valence-corrected chi connectivity index (χ1v) is 6.13. The number of imidazole rings is 1. The van der Waals surface area contributed by atoms with Gasteiger partial charge in [0.25, 0.3) is 0 Å². The van der Waals surface area contributed by atoms with E-state index in [4.69, 9.17) is 16.3 Å². The maximum absolute atomic E-state index is 9.19. The molecule has 0 unspecified atom stereocenters. The van der Waals surface area contributed by atoms with E-state index in [9.17, 15) is 5.11 Å². The first-order chi connectivity index (χ1) is 9.22. The molecule has 0 amide bonds. The molecule has 0 bridgehead atoms. The van der Waals surface area contributed by atoms with Gasteiger partial charge in [-0.05, 0) is 36.4 Å². The van der Waals surface area contributed by atoms with Crippen LogP contribution in [0, 0.1) is 0 Å². The highest BCUT2D eigenvalue weighted by molar-refractivity contribution is 6.30. The Kier molecular flexibility index (Phi) is 3.01. The summed E-state index contributed by atoms with van der Waals surface area (Å²) in [6.07, 6.45) is 3.62. The van der Waals surface area contributed by atoms with Crippen LogP contribution in [-0.2, 0) is 6.61 Å². The van der Waals surface area contributed by atoms with Gasteiger partial charge < -0.3 is 14.2 Å². The molecule has 1 aromatic carbocycles. The molecule has 0 aliphatic carbocycles. The van der Waals surface area contributed by atoms with Crippen LogP contribution in [0.1, 0.15) is 5.69 Å². The molecule has 0 radical (unpaired) electrons. The van der Waals surface area contributed by atoms with Gasteiger partial charge in [0.05, 0.1) is 11.9 Å². The summed E-state index contributed by atoms with van der Waals surface area (Å²) in [7, 11) is 0. The highest BCUT2D eigenvalue weighted by Gasteiger charge is 2.04. The Labute approximate surface area is 114 Å². The maximum Gasteiger partial charge on any atom is 0.138 e. The summed E-state index contributed by atoms with van der Waals surface area (Å²) in [5, 5.41) is 9.85. The summed E-state index contributed by atoms with van der Waals surface area (Å²) in [4.78, 5) is 4.26. The molecule has 0 aliphatic rings. The molecule has 0 spiro atoms. The van der Waals surface area contributed by atoms with E-state index in [1.54, 1.807) is 42.6 Å². The normalized spacial score (nSPS) is 10.8. The minimum absolute atomic E-state index is 0.219. The molecule has 0 aliphatic heterocycles. The zero-order chi connectivity index (χ0) is 13.2. The number of phenols is 1. The Morgan fingerprint density at radius 2 is 2.00 bits per heavy atom. The topological polar surface area (TPSA) is 46.8 Å². The average Bonchev–Trinajstić information content (AvgIpc) is 2.80. The van der Waals surface area contributed by atoms with Crippen LogP contribution in [-0.4, -0.2) is 14.5 Å². The van der Waals surface area contributed by atoms with Crippen molar-refractivity contribution in [3.8, 4) is 11.5 Å². The van der Waals surface area contributed by atoms with Crippen molar-refractivity contribution in [1.29, 1.82) is 0 Å². The Morgan fingerprint density at radius 1 is 1.21 bits per heavy atom. The van der Waals surface area contributed by atoms with Gasteiger partial charge in [0.1, 0.15) is 23.8 Å². The molecule has 0 saturated heterocycles. The van der Waals surface area contributed by atoms with Crippen LogP contribution in [0.4, 0.5) is 0 Å². The summed E-state index contributed by atoms with van der Waals surface area (Å²) < 4.78 is 7.56. The molecule has 2 aromatic heterocycles. The standard InChI is InChI=1S/C14H11ClN2O2/c15-10-5-6-17-11(8-16-14(17)7-10)9-19-13-3-1-12(18)2-4-13/h1-8,18H,9H2. The van der Waals surface area contributed by atoms with E-state index in [-0.39, 0.29) is 5.75 Å². The van der Waals surface area contributed by atoms with E-state index in [1.165, 1.54) is 0 Å². The molecule has 0 saturated carbocycles. The van der Waals surface area contributed by atoms with Crippen molar-refractivity contribution in [1.82, 2.24) is 9.38 Å². The summed E-state index contributed by atoms with van der Waals surface area (Å²) in [6.45, 7) is 0.396.